The van der Waals surface area contributed by atoms with E-state index in [-0.39, 0.29) is 0 Å². The minimum absolute atomic E-state index is 0.364. The molecule has 2 aromatic rings. The summed E-state index contributed by atoms with van der Waals surface area (Å²) in [4.78, 5) is 4.50. The number of nitrogens with zero attached hydrogens (tertiary/aromatic N) is 2. The molecule has 1 unspecified atom stereocenters. The summed E-state index contributed by atoms with van der Waals surface area (Å²) in [5.41, 5.74) is 5.27. The van der Waals surface area contributed by atoms with Gasteiger partial charge in [-0.15, -0.1) is 0 Å². The van der Waals surface area contributed by atoms with Gasteiger partial charge in [0, 0.05) is 18.7 Å². The predicted octanol–water partition coefficient (Wildman–Crippen LogP) is 3.67. The van der Waals surface area contributed by atoms with Crippen LogP contribution >= 0.6 is 0 Å². The number of aryl methyl sites for hydroxylation is 2. The molecule has 0 amide bonds. The van der Waals surface area contributed by atoms with Crippen LogP contribution in [0.4, 0.5) is 0 Å². The molecule has 0 saturated heterocycles. The average Bonchev–Trinajstić information content (AvgIpc) is 2.80. The third-order valence-electron chi connectivity index (χ3n) is 3.58. The fourth-order valence-electron chi connectivity index (χ4n) is 2.18. The van der Waals surface area contributed by atoms with Crippen molar-refractivity contribution >= 4 is 0 Å². The Morgan fingerprint density at radius 2 is 2.06 bits per heavy atom. The van der Waals surface area contributed by atoms with Gasteiger partial charge in [0.05, 0.1) is 12.0 Å². The van der Waals surface area contributed by atoms with Crippen molar-refractivity contribution in [3.63, 3.8) is 0 Å². The Morgan fingerprint density at radius 3 is 2.71 bits per heavy atom. The number of hydrogen-bond acceptors (Lipinski definition) is 1. The number of benzene rings is 1. The predicted molar refractivity (Wildman–Crippen MR) is 71.3 cm³/mol. The third-order valence-corrected chi connectivity index (χ3v) is 3.58. The standard InChI is InChI=1S/C15H20N2/c1-5-17-9-15(16-10-17)13(4)14-8-6-7-11(2)12(14)3/h6-10,13H,5H2,1-4H3. The second-order valence-corrected chi connectivity index (χ2v) is 4.64. The maximum absolute atomic E-state index is 4.50. The van der Waals surface area contributed by atoms with E-state index in [1.807, 2.05) is 6.33 Å². The first-order chi connectivity index (χ1) is 8.13. The zero-order chi connectivity index (χ0) is 12.4. The zero-order valence-electron chi connectivity index (χ0n) is 11.1. The van der Waals surface area contributed by atoms with E-state index in [0.717, 1.165) is 12.2 Å². The quantitative estimate of drug-likeness (QED) is 0.783. The van der Waals surface area contributed by atoms with E-state index in [1.54, 1.807) is 0 Å². The fourth-order valence-corrected chi connectivity index (χ4v) is 2.18. The van der Waals surface area contributed by atoms with Crippen molar-refractivity contribution in [3.05, 3.63) is 53.1 Å². The highest BCUT2D eigenvalue weighted by Crippen LogP contribution is 2.26. The number of aromatic nitrogens is 2. The monoisotopic (exact) mass is 228 g/mol. The van der Waals surface area contributed by atoms with E-state index in [2.05, 4.69) is 61.6 Å². The molecule has 0 aliphatic heterocycles. The molecule has 0 spiro atoms. The lowest BCUT2D eigenvalue weighted by atomic mass is 9.92. The minimum Gasteiger partial charge on any atom is -0.337 e. The summed E-state index contributed by atoms with van der Waals surface area (Å²) in [7, 11) is 0. The van der Waals surface area contributed by atoms with E-state index < -0.39 is 0 Å². The van der Waals surface area contributed by atoms with Crippen LogP contribution in [0.3, 0.4) is 0 Å². The molecule has 1 aromatic heterocycles. The van der Waals surface area contributed by atoms with Gasteiger partial charge in [-0.1, -0.05) is 25.1 Å². The highest BCUT2D eigenvalue weighted by molar-refractivity contribution is 5.38. The van der Waals surface area contributed by atoms with E-state index in [0.29, 0.717) is 5.92 Å². The SMILES string of the molecule is CCn1cnc(C(C)c2cccc(C)c2C)c1. The van der Waals surface area contributed by atoms with Gasteiger partial charge >= 0.3 is 0 Å². The summed E-state index contributed by atoms with van der Waals surface area (Å²) in [5.74, 6) is 0.364. The van der Waals surface area contributed by atoms with Crippen molar-refractivity contribution in [2.75, 3.05) is 0 Å². The van der Waals surface area contributed by atoms with Gasteiger partial charge < -0.3 is 4.57 Å². The maximum atomic E-state index is 4.50. The molecule has 2 nitrogen and oxygen atoms in total. The topological polar surface area (TPSA) is 17.8 Å². The average molecular weight is 228 g/mol. The van der Waals surface area contributed by atoms with Crippen molar-refractivity contribution in [2.45, 2.75) is 40.2 Å². The van der Waals surface area contributed by atoms with Gasteiger partial charge in [0.2, 0.25) is 0 Å². The Kier molecular flexibility index (Phi) is 3.32. The normalized spacial score (nSPS) is 12.7. The molecule has 0 bridgehead atoms. The molecular formula is C15H20N2. The largest absolute Gasteiger partial charge is 0.337 e. The first kappa shape index (κ1) is 11.9. The first-order valence-corrected chi connectivity index (χ1v) is 6.21. The van der Waals surface area contributed by atoms with Gasteiger partial charge in [-0.25, -0.2) is 4.98 Å². The zero-order valence-corrected chi connectivity index (χ0v) is 11.1. The number of imidazole rings is 1. The summed E-state index contributed by atoms with van der Waals surface area (Å²) in [6.45, 7) is 9.69. The molecule has 2 rings (SSSR count). The fraction of sp³-hybridized carbons (Fsp3) is 0.400. The second kappa shape index (κ2) is 4.74. The Hall–Kier alpha value is -1.57. The second-order valence-electron chi connectivity index (χ2n) is 4.64. The molecular weight excluding hydrogens is 208 g/mol. The summed E-state index contributed by atoms with van der Waals surface area (Å²) in [6.07, 6.45) is 4.06. The van der Waals surface area contributed by atoms with Crippen molar-refractivity contribution < 1.29 is 0 Å². The Morgan fingerprint density at radius 1 is 1.29 bits per heavy atom. The lowest BCUT2D eigenvalue weighted by molar-refractivity contribution is 0.759. The molecule has 1 aromatic carbocycles. The Bertz CT molecular complexity index is 511. The van der Waals surface area contributed by atoms with Gasteiger partial charge in [-0.3, -0.25) is 0 Å². The molecule has 90 valence electrons. The number of rotatable bonds is 3. The Balaban J connectivity index is 2.36. The van der Waals surface area contributed by atoms with Gasteiger partial charge in [0.1, 0.15) is 0 Å². The molecule has 2 heteroatoms. The molecule has 0 fully saturated rings. The van der Waals surface area contributed by atoms with Crippen molar-refractivity contribution in [2.24, 2.45) is 0 Å². The van der Waals surface area contributed by atoms with Crippen LogP contribution < -0.4 is 0 Å². The van der Waals surface area contributed by atoms with Crippen LogP contribution in [-0.4, -0.2) is 9.55 Å². The lowest BCUT2D eigenvalue weighted by Crippen LogP contribution is -2.00. The summed E-state index contributed by atoms with van der Waals surface area (Å²) in [5, 5.41) is 0. The van der Waals surface area contributed by atoms with Crippen LogP contribution in [0.25, 0.3) is 0 Å². The molecule has 1 heterocycles. The highest BCUT2D eigenvalue weighted by Gasteiger charge is 2.14. The smallest absolute Gasteiger partial charge is 0.0949 e. The third kappa shape index (κ3) is 2.26. The van der Waals surface area contributed by atoms with Crippen molar-refractivity contribution in [1.82, 2.24) is 9.55 Å². The Labute approximate surface area is 103 Å². The summed E-state index contributed by atoms with van der Waals surface area (Å²) < 4.78 is 2.12. The highest BCUT2D eigenvalue weighted by atomic mass is 15.0. The van der Waals surface area contributed by atoms with Crippen LogP contribution in [-0.2, 0) is 6.54 Å². The summed E-state index contributed by atoms with van der Waals surface area (Å²) >= 11 is 0. The van der Waals surface area contributed by atoms with E-state index >= 15 is 0 Å². The van der Waals surface area contributed by atoms with Gasteiger partial charge in [-0.2, -0.15) is 0 Å². The van der Waals surface area contributed by atoms with Gasteiger partial charge in [0.15, 0.2) is 0 Å². The van der Waals surface area contributed by atoms with Crippen molar-refractivity contribution in [1.29, 1.82) is 0 Å². The number of hydrogen-bond donors (Lipinski definition) is 0. The molecule has 0 aliphatic carbocycles. The van der Waals surface area contributed by atoms with Crippen LogP contribution in [0.2, 0.25) is 0 Å². The molecule has 17 heavy (non-hydrogen) atoms. The van der Waals surface area contributed by atoms with E-state index in [1.165, 1.54) is 16.7 Å². The minimum atomic E-state index is 0.364. The lowest BCUT2D eigenvalue weighted by Gasteiger charge is -2.14. The first-order valence-electron chi connectivity index (χ1n) is 6.21. The molecule has 0 aliphatic rings. The van der Waals surface area contributed by atoms with Gasteiger partial charge in [0.25, 0.3) is 0 Å². The van der Waals surface area contributed by atoms with Crippen molar-refractivity contribution in [3.8, 4) is 0 Å². The molecule has 0 radical (unpaired) electrons. The molecule has 1 atom stereocenters. The van der Waals surface area contributed by atoms with E-state index in [9.17, 15) is 0 Å². The van der Waals surface area contributed by atoms with Crippen LogP contribution in [0.5, 0.6) is 0 Å². The van der Waals surface area contributed by atoms with Crippen LogP contribution in [0.1, 0.15) is 42.1 Å². The van der Waals surface area contributed by atoms with Crippen LogP contribution in [0.15, 0.2) is 30.7 Å². The molecule has 0 saturated carbocycles. The molecule has 0 N–H and O–H groups in total. The van der Waals surface area contributed by atoms with Gasteiger partial charge in [-0.05, 0) is 37.5 Å². The summed E-state index contributed by atoms with van der Waals surface area (Å²) in [6, 6.07) is 6.50. The van der Waals surface area contributed by atoms with E-state index in [4.69, 9.17) is 0 Å². The maximum Gasteiger partial charge on any atom is 0.0949 e. The van der Waals surface area contributed by atoms with Crippen LogP contribution in [0, 0.1) is 13.8 Å².